The third kappa shape index (κ3) is 4.17. The number of anilines is 1. The summed E-state index contributed by atoms with van der Waals surface area (Å²) in [4.78, 5) is 24.4. The minimum absolute atomic E-state index is 0.0462. The summed E-state index contributed by atoms with van der Waals surface area (Å²) in [6.45, 7) is 0.185. The fourth-order valence-electron chi connectivity index (χ4n) is 1.41. The summed E-state index contributed by atoms with van der Waals surface area (Å²) in [6.07, 6.45) is 0.234. The monoisotopic (exact) mass is 266 g/mol. The van der Waals surface area contributed by atoms with Crippen molar-refractivity contribution in [1.29, 1.82) is 0 Å². The van der Waals surface area contributed by atoms with E-state index in [-0.39, 0.29) is 24.5 Å². The van der Waals surface area contributed by atoms with Crippen LogP contribution in [0.15, 0.2) is 18.2 Å². The van der Waals surface area contributed by atoms with Crippen molar-refractivity contribution in [3.8, 4) is 5.75 Å². The number of hydrogen-bond acceptors (Lipinski definition) is 5. The van der Waals surface area contributed by atoms with Gasteiger partial charge in [0.25, 0.3) is 0 Å². The van der Waals surface area contributed by atoms with Crippen LogP contribution in [0, 0.1) is 0 Å². The molecule has 0 aliphatic carbocycles. The van der Waals surface area contributed by atoms with E-state index in [0.717, 1.165) is 0 Å². The molecule has 0 aromatic heterocycles. The van der Waals surface area contributed by atoms with E-state index in [4.69, 9.17) is 10.5 Å². The molecule has 104 valence electrons. The molecule has 0 unspecified atom stereocenters. The number of benzene rings is 1. The van der Waals surface area contributed by atoms with Gasteiger partial charge in [0, 0.05) is 19.8 Å². The first-order valence-corrected chi connectivity index (χ1v) is 5.76. The fourth-order valence-corrected chi connectivity index (χ4v) is 1.41. The molecule has 1 amide bonds. The summed E-state index contributed by atoms with van der Waals surface area (Å²) in [5.41, 5.74) is 6.30. The molecule has 6 heteroatoms. The Hall–Kier alpha value is -2.24. The van der Waals surface area contributed by atoms with E-state index >= 15 is 0 Å². The van der Waals surface area contributed by atoms with Crippen molar-refractivity contribution < 1.29 is 19.1 Å². The van der Waals surface area contributed by atoms with Crippen molar-refractivity contribution in [3.63, 3.8) is 0 Å². The molecule has 6 nitrogen and oxygen atoms in total. The predicted molar refractivity (Wildman–Crippen MR) is 71.0 cm³/mol. The summed E-state index contributed by atoms with van der Waals surface area (Å²) in [5, 5.41) is 0. The molecule has 0 aliphatic rings. The van der Waals surface area contributed by atoms with Gasteiger partial charge >= 0.3 is 5.97 Å². The summed E-state index contributed by atoms with van der Waals surface area (Å²) in [7, 11) is 4.63. The molecule has 0 radical (unpaired) electrons. The number of esters is 1. The maximum atomic E-state index is 11.6. The number of ether oxygens (including phenoxy) is 2. The van der Waals surface area contributed by atoms with Crippen molar-refractivity contribution in [2.24, 2.45) is 0 Å². The maximum absolute atomic E-state index is 11.6. The number of nitrogen functional groups attached to an aromatic ring is 1. The zero-order valence-corrected chi connectivity index (χ0v) is 11.3. The number of nitrogens with zero attached hydrogens (tertiary/aromatic N) is 1. The molecule has 0 spiro atoms. The van der Waals surface area contributed by atoms with E-state index < -0.39 is 5.97 Å². The van der Waals surface area contributed by atoms with Gasteiger partial charge in [0.2, 0.25) is 5.91 Å². The van der Waals surface area contributed by atoms with Gasteiger partial charge in [0.15, 0.2) is 0 Å². The van der Waals surface area contributed by atoms with Crippen molar-refractivity contribution in [2.45, 2.75) is 6.42 Å². The Morgan fingerprint density at radius 2 is 2.00 bits per heavy atom. The lowest BCUT2D eigenvalue weighted by Crippen LogP contribution is -2.23. The Kier molecular flexibility index (Phi) is 5.17. The zero-order chi connectivity index (χ0) is 14.4. The zero-order valence-electron chi connectivity index (χ0n) is 11.3. The lowest BCUT2D eigenvalue weighted by Gasteiger charge is -2.13. The molecule has 0 saturated carbocycles. The van der Waals surface area contributed by atoms with Gasteiger partial charge in [0.1, 0.15) is 11.3 Å². The molecule has 0 bridgehead atoms. The van der Waals surface area contributed by atoms with Gasteiger partial charge in [0.05, 0.1) is 20.1 Å². The van der Waals surface area contributed by atoms with Crippen LogP contribution in [0.1, 0.15) is 16.8 Å². The second kappa shape index (κ2) is 6.63. The van der Waals surface area contributed by atoms with Gasteiger partial charge in [-0.05, 0) is 18.2 Å². The number of methoxy groups -OCH3 is 1. The largest absolute Gasteiger partial charge is 0.492 e. The van der Waals surface area contributed by atoms with Crippen molar-refractivity contribution in [2.75, 3.05) is 33.5 Å². The van der Waals surface area contributed by atoms with E-state index in [1.54, 1.807) is 26.2 Å². The highest BCUT2D eigenvalue weighted by Gasteiger charge is 2.14. The topological polar surface area (TPSA) is 81.9 Å². The molecule has 0 atom stereocenters. The summed E-state index contributed by atoms with van der Waals surface area (Å²) in [6, 6.07) is 4.69. The lowest BCUT2D eigenvalue weighted by molar-refractivity contribution is -0.129. The van der Waals surface area contributed by atoms with Gasteiger partial charge in [-0.15, -0.1) is 0 Å². The first-order chi connectivity index (χ1) is 8.95. The first kappa shape index (κ1) is 14.8. The van der Waals surface area contributed by atoms with Crippen LogP contribution < -0.4 is 10.5 Å². The van der Waals surface area contributed by atoms with E-state index in [2.05, 4.69) is 4.74 Å². The second-order valence-corrected chi connectivity index (χ2v) is 4.13. The average Bonchev–Trinajstić information content (AvgIpc) is 2.39. The Morgan fingerprint density at radius 3 is 2.58 bits per heavy atom. The van der Waals surface area contributed by atoms with E-state index in [0.29, 0.717) is 11.4 Å². The molecule has 1 rings (SSSR count). The van der Waals surface area contributed by atoms with Crippen LogP contribution in [0.4, 0.5) is 5.69 Å². The van der Waals surface area contributed by atoms with Crippen LogP contribution in [0.3, 0.4) is 0 Å². The number of amides is 1. The Balaban J connectivity index is 2.73. The molecule has 2 N–H and O–H groups in total. The molecule has 1 aromatic carbocycles. The minimum Gasteiger partial charge on any atom is -0.492 e. The number of rotatable bonds is 5. The lowest BCUT2D eigenvalue weighted by atomic mass is 10.2. The molecular formula is C13H18N2O4. The average molecular weight is 266 g/mol. The van der Waals surface area contributed by atoms with Crippen LogP contribution in [-0.4, -0.2) is 44.6 Å². The summed E-state index contributed by atoms with van der Waals surface area (Å²) < 4.78 is 10.1. The number of nitrogens with two attached hydrogens (primary N) is 1. The van der Waals surface area contributed by atoms with Crippen LogP contribution >= 0.6 is 0 Å². The van der Waals surface area contributed by atoms with Gasteiger partial charge in [-0.3, -0.25) is 4.79 Å². The van der Waals surface area contributed by atoms with E-state index in [9.17, 15) is 9.59 Å². The summed E-state index contributed by atoms with van der Waals surface area (Å²) >= 11 is 0. The molecule has 0 heterocycles. The van der Waals surface area contributed by atoms with Crippen LogP contribution in [-0.2, 0) is 9.53 Å². The maximum Gasteiger partial charge on any atom is 0.341 e. The van der Waals surface area contributed by atoms with Crippen LogP contribution in [0.25, 0.3) is 0 Å². The minimum atomic E-state index is -0.527. The smallest absolute Gasteiger partial charge is 0.341 e. The second-order valence-electron chi connectivity index (χ2n) is 4.13. The van der Waals surface area contributed by atoms with Gasteiger partial charge in [-0.25, -0.2) is 4.79 Å². The standard InChI is InChI=1S/C13H18N2O4/c1-15(2)12(16)6-7-19-11-5-4-9(14)8-10(11)13(17)18-3/h4-5,8H,6-7,14H2,1-3H3. The van der Waals surface area contributed by atoms with Crippen molar-refractivity contribution >= 4 is 17.6 Å². The molecule has 0 fully saturated rings. The number of hydrogen-bond donors (Lipinski definition) is 1. The normalized spacial score (nSPS) is 9.84. The summed E-state index contributed by atoms with van der Waals surface area (Å²) in [5.74, 6) is -0.219. The van der Waals surface area contributed by atoms with Crippen LogP contribution in [0.2, 0.25) is 0 Å². The highest BCUT2D eigenvalue weighted by molar-refractivity contribution is 5.93. The fraction of sp³-hybridized carbons (Fsp3) is 0.385. The molecule has 0 aliphatic heterocycles. The molecule has 19 heavy (non-hydrogen) atoms. The number of carbonyl (C=O) groups excluding carboxylic acids is 2. The predicted octanol–water partition coefficient (Wildman–Crippen LogP) is 0.912. The first-order valence-electron chi connectivity index (χ1n) is 5.76. The van der Waals surface area contributed by atoms with E-state index in [1.165, 1.54) is 18.1 Å². The Labute approximate surface area is 112 Å². The molecule has 0 saturated heterocycles. The Bertz CT molecular complexity index is 472. The van der Waals surface area contributed by atoms with Crippen LogP contribution in [0.5, 0.6) is 5.75 Å². The van der Waals surface area contributed by atoms with Gasteiger partial charge < -0.3 is 20.1 Å². The molecule has 1 aromatic rings. The van der Waals surface area contributed by atoms with Crippen molar-refractivity contribution in [3.05, 3.63) is 23.8 Å². The van der Waals surface area contributed by atoms with Crippen molar-refractivity contribution in [1.82, 2.24) is 4.90 Å². The third-order valence-electron chi connectivity index (χ3n) is 2.48. The SMILES string of the molecule is COC(=O)c1cc(N)ccc1OCCC(=O)N(C)C. The van der Waals surface area contributed by atoms with E-state index in [1.807, 2.05) is 0 Å². The highest BCUT2D eigenvalue weighted by Crippen LogP contribution is 2.22. The molecular weight excluding hydrogens is 248 g/mol. The van der Waals surface area contributed by atoms with Gasteiger partial charge in [-0.2, -0.15) is 0 Å². The van der Waals surface area contributed by atoms with Gasteiger partial charge in [-0.1, -0.05) is 0 Å². The highest BCUT2D eigenvalue weighted by atomic mass is 16.5. The Morgan fingerprint density at radius 1 is 1.32 bits per heavy atom. The third-order valence-corrected chi connectivity index (χ3v) is 2.48. The number of carbonyl (C=O) groups is 2. The quantitative estimate of drug-likeness (QED) is 0.633.